The number of ether oxygens (including phenoxy) is 3. The highest BCUT2D eigenvalue weighted by molar-refractivity contribution is 7.99. The van der Waals surface area contributed by atoms with E-state index in [-0.39, 0.29) is 12.5 Å². The molecule has 6 nitrogen and oxygen atoms in total. The van der Waals surface area contributed by atoms with E-state index in [4.69, 9.17) is 14.2 Å². The molecule has 0 aliphatic carbocycles. The third kappa shape index (κ3) is 4.32. The number of carbonyl (C=O) groups is 2. The first-order valence-corrected chi connectivity index (χ1v) is 12.7. The summed E-state index contributed by atoms with van der Waals surface area (Å²) in [5.74, 6) is -4.42. The number of hydrogen-bond acceptors (Lipinski definition) is 7. The highest BCUT2D eigenvalue weighted by Gasteiger charge is 2.56. The maximum Gasteiger partial charge on any atom is 0.421 e. The molecule has 2 aromatic carbocycles. The monoisotopic (exact) mass is 535 g/mol. The van der Waals surface area contributed by atoms with Crippen molar-refractivity contribution in [3.63, 3.8) is 0 Å². The number of halogens is 4. The number of carbonyl (C=O) groups excluding carboxylic acids is 2. The summed E-state index contributed by atoms with van der Waals surface area (Å²) in [7, 11) is 0. The molecule has 11 heteroatoms. The van der Waals surface area contributed by atoms with E-state index >= 15 is 0 Å². The van der Waals surface area contributed by atoms with Crippen LogP contribution < -0.4 is 0 Å². The molecule has 2 aromatic rings. The quantitative estimate of drug-likeness (QED) is 0.256. The zero-order valence-corrected chi connectivity index (χ0v) is 20.2. The molecule has 4 aliphatic rings. The molecule has 0 radical (unpaired) electrons. The molecule has 6 rings (SSSR count). The van der Waals surface area contributed by atoms with Gasteiger partial charge in [0.25, 0.3) is 0 Å². The second kappa shape index (κ2) is 8.85. The highest BCUT2D eigenvalue weighted by Crippen LogP contribution is 2.51. The topological polar surface area (TPSA) is 65.1 Å². The predicted octanol–water partition coefficient (Wildman–Crippen LogP) is 5.14. The van der Waals surface area contributed by atoms with Crippen LogP contribution in [0.15, 0.2) is 51.8 Å². The van der Waals surface area contributed by atoms with Gasteiger partial charge in [0, 0.05) is 29.5 Å². The Balaban J connectivity index is 1.48. The number of rotatable bonds is 2. The van der Waals surface area contributed by atoms with E-state index in [0.717, 1.165) is 25.0 Å². The van der Waals surface area contributed by atoms with Crippen molar-refractivity contribution in [3.05, 3.63) is 64.5 Å². The number of hydrogen-bond donors (Lipinski definition) is 0. The summed E-state index contributed by atoms with van der Waals surface area (Å²) in [6.45, 7) is 1.30. The Morgan fingerprint density at radius 1 is 1.03 bits per heavy atom. The Morgan fingerprint density at radius 2 is 1.81 bits per heavy atom. The van der Waals surface area contributed by atoms with Gasteiger partial charge in [0.1, 0.15) is 5.82 Å². The van der Waals surface area contributed by atoms with E-state index in [1.165, 1.54) is 30.0 Å². The van der Waals surface area contributed by atoms with E-state index in [2.05, 4.69) is 0 Å². The van der Waals surface area contributed by atoms with E-state index in [0.29, 0.717) is 58.2 Å². The summed E-state index contributed by atoms with van der Waals surface area (Å²) >= 11 is 1.19. The first kappa shape index (κ1) is 24.4. The second-order valence-electron chi connectivity index (χ2n) is 9.43. The zero-order valence-electron chi connectivity index (χ0n) is 19.4. The number of esters is 2. The number of alkyl halides is 3. The Morgan fingerprint density at radius 3 is 2.51 bits per heavy atom. The lowest BCUT2D eigenvalue weighted by molar-refractivity contribution is -0.260. The fraction of sp³-hybridized carbons (Fsp3) is 0.385. The molecule has 0 amide bonds. The third-order valence-corrected chi connectivity index (χ3v) is 8.22. The fourth-order valence-corrected chi connectivity index (χ4v) is 6.50. The number of benzene rings is 2. The number of nitrogens with zero attached hydrogens (tertiary/aromatic N) is 1. The van der Waals surface area contributed by atoms with Gasteiger partial charge in [-0.15, -0.1) is 0 Å². The average molecular weight is 536 g/mol. The third-order valence-electron chi connectivity index (χ3n) is 7.08. The minimum atomic E-state index is -4.55. The van der Waals surface area contributed by atoms with Crippen molar-refractivity contribution in [2.75, 3.05) is 19.7 Å². The van der Waals surface area contributed by atoms with Gasteiger partial charge in [-0.25, -0.2) is 18.9 Å². The van der Waals surface area contributed by atoms with Crippen molar-refractivity contribution in [1.29, 1.82) is 0 Å². The molecule has 3 fully saturated rings. The highest BCUT2D eigenvalue weighted by atomic mass is 32.2. The van der Waals surface area contributed by atoms with Crippen LogP contribution in [0.3, 0.4) is 0 Å². The first-order chi connectivity index (χ1) is 17.6. The zero-order chi connectivity index (χ0) is 25.9. The van der Waals surface area contributed by atoms with Crippen molar-refractivity contribution >= 4 is 29.3 Å². The molecule has 194 valence electrons. The Labute approximate surface area is 213 Å². The van der Waals surface area contributed by atoms with Gasteiger partial charge in [0.05, 0.1) is 18.1 Å². The maximum atomic E-state index is 14.1. The molecule has 1 unspecified atom stereocenters. The second-order valence-corrected chi connectivity index (χ2v) is 10.5. The standard InChI is InChI=1S/C26H21F4NO5S/c27-16-4-5-18-21(11-16)37-20-6-3-15(26(28,29)30)10-19(20)22(18)14-7-8-31(13-17-2-1-9-34-17)25(12-14)35-23(32)24(33)36-25/h3-6,10-11,17H,1-2,7-9,12-13H2/b22-14+. The lowest BCUT2D eigenvalue weighted by Crippen LogP contribution is -2.56. The van der Waals surface area contributed by atoms with E-state index in [1.54, 1.807) is 11.0 Å². The van der Waals surface area contributed by atoms with Crippen LogP contribution in [0.25, 0.3) is 5.57 Å². The molecule has 0 aromatic heterocycles. The largest absolute Gasteiger partial charge is 0.421 e. The predicted molar refractivity (Wildman–Crippen MR) is 123 cm³/mol. The molecular weight excluding hydrogens is 514 g/mol. The van der Waals surface area contributed by atoms with Crippen LogP contribution in [0.2, 0.25) is 0 Å². The lowest BCUT2D eigenvalue weighted by Gasteiger charge is -2.43. The Kier molecular flexibility index (Phi) is 5.85. The van der Waals surface area contributed by atoms with Crippen LogP contribution >= 0.6 is 11.8 Å². The van der Waals surface area contributed by atoms with Crippen LogP contribution in [-0.2, 0) is 30.0 Å². The van der Waals surface area contributed by atoms with Crippen molar-refractivity contribution in [1.82, 2.24) is 4.90 Å². The van der Waals surface area contributed by atoms with E-state index in [9.17, 15) is 27.2 Å². The van der Waals surface area contributed by atoms with Crippen LogP contribution in [0, 0.1) is 5.82 Å². The molecule has 37 heavy (non-hydrogen) atoms. The first-order valence-electron chi connectivity index (χ1n) is 11.9. The van der Waals surface area contributed by atoms with Crippen LogP contribution in [0.5, 0.6) is 0 Å². The average Bonchev–Trinajstić information content (AvgIpc) is 3.45. The van der Waals surface area contributed by atoms with Gasteiger partial charge in [-0.2, -0.15) is 13.2 Å². The Hall–Kier alpha value is -2.89. The number of likely N-dealkylation sites (tertiary alicyclic amines) is 1. The fourth-order valence-electron chi connectivity index (χ4n) is 5.41. The van der Waals surface area contributed by atoms with Gasteiger partial charge in [-0.1, -0.05) is 23.4 Å². The summed E-state index contributed by atoms with van der Waals surface area (Å²) in [4.78, 5) is 27.2. The van der Waals surface area contributed by atoms with Gasteiger partial charge < -0.3 is 14.2 Å². The van der Waals surface area contributed by atoms with Gasteiger partial charge in [-0.3, -0.25) is 0 Å². The van der Waals surface area contributed by atoms with Crippen LogP contribution in [0.1, 0.15) is 42.4 Å². The van der Waals surface area contributed by atoms with Crippen molar-refractivity contribution in [2.24, 2.45) is 0 Å². The minimum Gasteiger partial charge on any atom is -0.399 e. The summed E-state index contributed by atoms with van der Waals surface area (Å²) in [5.41, 5.74) is 1.28. The van der Waals surface area contributed by atoms with Crippen molar-refractivity contribution in [2.45, 2.75) is 53.7 Å². The van der Waals surface area contributed by atoms with Crippen LogP contribution in [-0.4, -0.2) is 48.5 Å². The molecule has 0 saturated carbocycles. The molecule has 4 heterocycles. The van der Waals surface area contributed by atoms with Crippen molar-refractivity contribution in [3.8, 4) is 0 Å². The van der Waals surface area contributed by atoms with E-state index in [1.807, 2.05) is 0 Å². The molecule has 1 atom stereocenters. The summed E-state index contributed by atoms with van der Waals surface area (Å²) in [6, 6.07) is 7.63. The molecule has 4 aliphatic heterocycles. The summed E-state index contributed by atoms with van der Waals surface area (Å²) in [6.07, 6.45) is -2.61. The summed E-state index contributed by atoms with van der Waals surface area (Å²) < 4.78 is 71.8. The maximum absolute atomic E-state index is 14.1. The smallest absolute Gasteiger partial charge is 0.399 e. The molecular formula is C26H21F4NO5S. The van der Waals surface area contributed by atoms with Gasteiger partial charge in [-0.05, 0) is 66.3 Å². The number of piperidine rings is 1. The molecule has 0 bridgehead atoms. The van der Waals surface area contributed by atoms with Crippen LogP contribution in [0.4, 0.5) is 17.6 Å². The molecule has 0 N–H and O–H groups in total. The SMILES string of the molecule is O=C1OC2(C/C(=C3\c4ccc(F)cc4Sc4ccc(C(F)(F)F)cc43)CCN2CC2CCCO2)OC1=O. The Bertz CT molecular complexity index is 1320. The normalized spacial score (nSPS) is 25.1. The lowest BCUT2D eigenvalue weighted by atomic mass is 9.86. The van der Waals surface area contributed by atoms with Gasteiger partial charge in [0.2, 0.25) is 0 Å². The minimum absolute atomic E-state index is 0.0519. The number of fused-ring (bicyclic) bond motifs is 2. The van der Waals surface area contributed by atoms with Crippen molar-refractivity contribution < 1.29 is 41.4 Å². The van der Waals surface area contributed by atoms with Gasteiger partial charge >= 0.3 is 24.0 Å². The molecule has 3 saturated heterocycles. The van der Waals surface area contributed by atoms with E-state index < -0.39 is 35.4 Å². The molecule has 1 spiro atoms. The summed E-state index contributed by atoms with van der Waals surface area (Å²) in [5, 5.41) is 0. The van der Waals surface area contributed by atoms with Gasteiger partial charge in [0.15, 0.2) is 0 Å².